The summed E-state index contributed by atoms with van der Waals surface area (Å²) in [7, 11) is 0. The molecular formula is C19H22OY. The van der Waals surface area contributed by atoms with E-state index in [1.807, 2.05) is 18.2 Å². The van der Waals surface area contributed by atoms with Gasteiger partial charge in [0.05, 0.1) is 6.61 Å². The van der Waals surface area contributed by atoms with Gasteiger partial charge in [0, 0.05) is 32.7 Å². The Balaban J connectivity index is 0.00000220. The molecule has 0 aliphatic carbocycles. The average molecular weight is 355 g/mol. The Hall–Kier alpha value is -0.756. The summed E-state index contributed by atoms with van der Waals surface area (Å²) in [5.74, 6) is 0. The molecule has 0 amide bonds. The van der Waals surface area contributed by atoms with Crippen molar-refractivity contribution >= 4 is 12.2 Å². The van der Waals surface area contributed by atoms with Crippen LogP contribution in [0.5, 0.6) is 0 Å². The van der Waals surface area contributed by atoms with Crippen molar-refractivity contribution in [3.05, 3.63) is 69.3 Å². The van der Waals surface area contributed by atoms with E-state index < -0.39 is 0 Å². The molecule has 0 atom stereocenters. The van der Waals surface area contributed by atoms with Crippen LogP contribution in [0, 0.1) is 27.7 Å². The largest absolute Gasteiger partial charge is 0.392 e. The fourth-order valence-corrected chi connectivity index (χ4v) is 2.65. The summed E-state index contributed by atoms with van der Waals surface area (Å²) >= 11 is 0. The first-order chi connectivity index (χ1) is 9.56. The Kier molecular flexibility index (Phi) is 6.99. The quantitative estimate of drug-likeness (QED) is 0.799. The molecule has 0 spiro atoms. The van der Waals surface area contributed by atoms with Gasteiger partial charge in [0.2, 0.25) is 0 Å². The smallest absolute Gasteiger partial charge is 0.0687 e. The van der Waals surface area contributed by atoms with Crippen LogP contribution in [0.4, 0.5) is 0 Å². The van der Waals surface area contributed by atoms with E-state index in [1.54, 1.807) is 0 Å². The number of aliphatic hydroxyl groups is 1. The topological polar surface area (TPSA) is 20.2 Å². The van der Waals surface area contributed by atoms with Gasteiger partial charge in [-0.3, -0.25) is 0 Å². The molecule has 0 saturated heterocycles. The molecule has 2 aromatic rings. The Morgan fingerprint density at radius 3 is 1.81 bits per heavy atom. The van der Waals surface area contributed by atoms with Crippen LogP contribution in [0.15, 0.2) is 30.3 Å². The molecule has 2 aromatic carbocycles. The second-order valence-corrected chi connectivity index (χ2v) is 5.29. The molecule has 0 heterocycles. The first-order valence-corrected chi connectivity index (χ1v) is 6.99. The van der Waals surface area contributed by atoms with Crippen LogP contribution in [0.25, 0.3) is 12.2 Å². The summed E-state index contributed by atoms with van der Waals surface area (Å²) in [6.07, 6.45) is 4.33. The third kappa shape index (κ3) is 3.91. The zero-order chi connectivity index (χ0) is 14.7. The van der Waals surface area contributed by atoms with Crippen molar-refractivity contribution in [2.75, 3.05) is 0 Å². The third-order valence-corrected chi connectivity index (χ3v) is 4.24. The minimum Gasteiger partial charge on any atom is -0.392 e. The molecule has 2 rings (SSSR count). The first kappa shape index (κ1) is 18.3. The van der Waals surface area contributed by atoms with E-state index in [0.29, 0.717) is 0 Å². The van der Waals surface area contributed by atoms with Gasteiger partial charge in [0.25, 0.3) is 0 Å². The van der Waals surface area contributed by atoms with E-state index in [-0.39, 0.29) is 39.3 Å². The van der Waals surface area contributed by atoms with E-state index >= 15 is 0 Å². The zero-order valence-corrected chi connectivity index (χ0v) is 16.1. The molecule has 1 nitrogen and oxygen atoms in total. The summed E-state index contributed by atoms with van der Waals surface area (Å²) in [5, 5.41) is 9.53. The molecule has 107 valence electrons. The Morgan fingerprint density at radius 1 is 0.810 bits per heavy atom. The second kappa shape index (κ2) is 8.03. The van der Waals surface area contributed by atoms with E-state index in [0.717, 1.165) is 5.56 Å². The summed E-state index contributed by atoms with van der Waals surface area (Å²) in [6.45, 7) is 8.56. The standard InChI is InChI=1S/C19H22O.Y/c1-13-15(3)19(12-20)16(4)14(2)18(13)11-10-17-8-6-5-7-9-17;/h5-11,20H,12H2,1-4H3;/b11-10+;. The summed E-state index contributed by atoms with van der Waals surface area (Å²) in [5.41, 5.74) is 8.44. The third-order valence-electron chi connectivity index (χ3n) is 4.24. The molecule has 0 bridgehead atoms. The predicted molar refractivity (Wildman–Crippen MR) is 86.7 cm³/mol. The van der Waals surface area contributed by atoms with Gasteiger partial charge >= 0.3 is 0 Å². The summed E-state index contributed by atoms with van der Waals surface area (Å²) in [6, 6.07) is 10.3. The molecule has 2 heteroatoms. The van der Waals surface area contributed by atoms with Crippen LogP contribution in [-0.4, -0.2) is 5.11 Å². The number of benzene rings is 2. The van der Waals surface area contributed by atoms with Gasteiger partial charge in [-0.15, -0.1) is 0 Å². The van der Waals surface area contributed by atoms with Crippen molar-refractivity contribution in [1.82, 2.24) is 0 Å². The molecule has 0 aliphatic heterocycles. The SMILES string of the molecule is Cc1c(C)c(CO)c(C)c(C)c1/C=C/c1ccccc1.[Y]. The Morgan fingerprint density at radius 2 is 1.33 bits per heavy atom. The molecule has 0 unspecified atom stereocenters. The van der Waals surface area contributed by atoms with E-state index in [1.165, 1.54) is 33.4 Å². The van der Waals surface area contributed by atoms with Crippen molar-refractivity contribution in [2.45, 2.75) is 34.3 Å². The van der Waals surface area contributed by atoms with E-state index in [4.69, 9.17) is 0 Å². The van der Waals surface area contributed by atoms with Gasteiger partial charge in [0.15, 0.2) is 0 Å². The normalized spacial score (nSPS) is 10.7. The van der Waals surface area contributed by atoms with E-state index in [2.05, 4.69) is 52.0 Å². The van der Waals surface area contributed by atoms with Crippen molar-refractivity contribution < 1.29 is 37.8 Å². The van der Waals surface area contributed by atoms with Crippen molar-refractivity contribution in [2.24, 2.45) is 0 Å². The summed E-state index contributed by atoms with van der Waals surface area (Å²) < 4.78 is 0. The maximum absolute atomic E-state index is 9.53. The van der Waals surface area contributed by atoms with Gasteiger partial charge in [-0.2, -0.15) is 0 Å². The monoisotopic (exact) mass is 355 g/mol. The maximum atomic E-state index is 9.53. The van der Waals surface area contributed by atoms with E-state index in [9.17, 15) is 5.11 Å². The number of aliphatic hydroxyl groups excluding tert-OH is 1. The fraction of sp³-hybridized carbons (Fsp3) is 0.263. The summed E-state index contributed by atoms with van der Waals surface area (Å²) in [4.78, 5) is 0. The minimum atomic E-state index is 0. The molecule has 1 radical (unpaired) electrons. The average Bonchev–Trinajstić information content (AvgIpc) is 2.47. The van der Waals surface area contributed by atoms with Crippen molar-refractivity contribution in [1.29, 1.82) is 0 Å². The van der Waals surface area contributed by atoms with Gasteiger partial charge in [-0.05, 0) is 66.6 Å². The van der Waals surface area contributed by atoms with Crippen molar-refractivity contribution in [3.63, 3.8) is 0 Å². The molecule has 1 N–H and O–H groups in total. The van der Waals surface area contributed by atoms with Crippen LogP contribution in [0.1, 0.15) is 38.9 Å². The van der Waals surface area contributed by atoms with Gasteiger partial charge < -0.3 is 5.11 Å². The maximum Gasteiger partial charge on any atom is 0.0687 e. The number of hydrogen-bond donors (Lipinski definition) is 1. The van der Waals surface area contributed by atoms with Crippen LogP contribution < -0.4 is 0 Å². The van der Waals surface area contributed by atoms with Crippen LogP contribution in [0.3, 0.4) is 0 Å². The first-order valence-electron chi connectivity index (χ1n) is 6.99. The van der Waals surface area contributed by atoms with Crippen LogP contribution in [0.2, 0.25) is 0 Å². The van der Waals surface area contributed by atoms with Gasteiger partial charge in [-0.1, -0.05) is 42.5 Å². The molecule has 0 aromatic heterocycles. The predicted octanol–water partition coefficient (Wildman–Crippen LogP) is 4.58. The van der Waals surface area contributed by atoms with Crippen LogP contribution in [-0.2, 0) is 39.3 Å². The van der Waals surface area contributed by atoms with Gasteiger partial charge in [0.1, 0.15) is 0 Å². The van der Waals surface area contributed by atoms with Crippen LogP contribution >= 0.6 is 0 Å². The Labute approximate surface area is 153 Å². The molecule has 21 heavy (non-hydrogen) atoms. The van der Waals surface area contributed by atoms with Crippen molar-refractivity contribution in [3.8, 4) is 0 Å². The number of hydrogen-bond acceptors (Lipinski definition) is 1. The minimum absolute atomic E-state index is 0. The molecular weight excluding hydrogens is 333 g/mol. The van der Waals surface area contributed by atoms with Gasteiger partial charge in [-0.25, -0.2) is 0 Å². The zero-order valence-electron chi connectivity index (χ0n) is 13.3. The fourth-order valence-electron chi connectivity index (χ4n) is 2.65. The number of rotatable bonds is 3. The second-order valence-electron chi connectivity index (χ2n) is 5.29. The molecule has 0 aliphatic rings. The Bertz CT molecular complexity index is 613. The molecule has 0 fully saturated rings. The molecule has 0 saturated carbocycles.